The first-order valence-electron chi connectivity index (χ1n) is 25.0. The van der Waals surface area contributed by atoms with Crippen molar-refractivity contribution in [1.29, 1.82) is 0 Å². The molecule has 3 unspecified atom stereocenters. The minimum atomic E-state index is -0.749. The van der Waals surface area contributed by atoms with Crippen molar-refractivity contribution >= 4 is 5.91 Å². The molecular formula is C50H99NO4. The molecule has 5 nitrogen and oxygen atoms in total. The predicted molar refractivity (Wildman–Crippen MR) is 241 cm³/mol. The van der Waals surface area contributed by atoms with Crippen LogP contribution in [0.5, 0.6) is 0 Å². The Morgan fingerprint density at radius 2 is 0.727 bits per heavy atom. The molecule has 5 heteroatoms. The van der Waals surface area contributed by atoms with Gasteiger partial charge in [0.2, 0.25) is 5.91 Å². The molecule has 0 saturated heterocycles. The van der Waals surface area contributed by atoms with Crippen LogP contribution in [-0.2, 0) is 4.79 Å². The van der Waals surface area contributed by atoms with Crippen molar-refractivity contribution in [2.75, 3.05) is 6.61 Å². The van der Waals surface area contributed by atoms with Crippen LogP contribution in [0.2, 0.25) is 0 Å². The van der Waals surface area contributed by atoms with Crippen molar-refractivity contribution in [3.63, 3.8) is 0 Å². The number of carbonyl (C=O) groups excluding carboxylic acids is 1. The van der Waals surface area contributed by atoms with Gasteiger partial charge in [-0.05, 0) is 38.5 Å². The highest BCUT2D eigenvalue weighted by Gasteiger charge is 2.21. The van der Waals surface area contributed by atoms with Crippen molar-refractivity contribution in [3.05, 3.63) is 12.2 Å². The first kappa shape index (κ1) is 54.1. The Hall–Kier alpha value is -0.910. The summed E-state index contributed by atoms with van der Waals surface area (Å²) in [4.78, 5) is 12.5. The Morgan fingerprint density at radius 1 is 0.436 bits per heavy atom. The molecule has 4 N–H and O–H groups in total. The first-order valence-corrected chi connectivity index (χ1v) is 25.0. The molecule has 0 radical (unpaired) electrons. The van der Waals surface area contributed by atoms with Gasteiger partial charge in [0.1, 0.15) is 0 Å². The zero-order valence-electron chi connectivity index (χ0n) is 37.3. The number of hydrogen-bond donors (Lipinski definition) is 4. The molecule has 0 aliphatic heterocycles. The average Bonchev–Trinajstić information content (AvgIpc) is 3.18. The van der Waals surface area contributed by atoms with Crippen molar-refractivity contribution in [2.24, 2.45) is 0 Å². The van der Waals surface area contributed by atoms with Crippen LogP contribution < -0.4 is 5.32 Å². The van der Waals surface area contributed by atoms with Crippen LogP contribution in [0, 0.1) is 0 Å². The van der Waals surface area contributed by atoms with Gasteiger partial charge < -0.3 is 20.6 Å². The minimum Gasteiger partial charge on any atom is -0.394 e. The summed E-state index contributed by atoms with van der Waals surface area (Å²) < 4.78 is 0. The second kappa shape index (κ2) is 45.8. The maximum Gasteiger partial charge on any atom is 0.222 e. The van der Waals surface area contributed by atoms with Gasteiger partial charge in [-0.25, -0.2) is 0 Å². The van der Waals surface area contributed by atoms with E-state index in [0.29, 0.717) is 12.8 Å². The maximum absolute atomic E-state index is 12.5. The van der Waals surface area contributed by atoms with Gasteiger partial charge in [0.05, 0.1) is 31.3 Å². The van der Waals surface area contributed by atoms with Gasteiger partial charge in [-0.2, -0.15) is 0 Å². The summed E-state index contributed by atoms with van der Waals surface area (Å²) in [6.07, 6.45) is 54.8. The SMILES string of the molecule is CCCCCCCCCCCCCC/C=C\CCCCCCCC(O)CC(=O)NC(CO)C(O)CCCCCCCCCCCCCCCCCCCCC. The smallest absolute Gasteiger partial charge is 0.222 e. The molecule has 0 aliphatic rings. The summed E-state index contributed by atoms with van der Waals surface area (Å²) in [5.41, 5.74) is 0. The molecule has 55 heavy (non-hydrogen) atoms. The second-order valence-electron chi connectivity index (χ2n) is 17.4. The molecule has 328 valence electrons. The zero-order chi connectivity index (χ0) is 40.1. The van der Waals surface area contributed by atoms with Crippen LogP contribution in [0.1, 0.15) is 277 Å². The molecule has 0 saturated carbocycles. The number of nitrogens with one attached hydrogen (secondary N) is 1. The topological polar surface area (TPSA) is 89.8 Å². The van der Waals surface area contributed by atoms with Crippen molar-refractivity contribution in [1.82, 2.24) is 5.32 Å². The molecule has 0 aromatic carbocycles. The van der Waals surface area contributed by atoms with E-state index < -0.39 is 18.2 Å². The van der Waals surface area contributed by atoms with Gasteiger partial charge in [-0.1, -0.05) is 244 Å². The lowest BCUT2D eigenvalue weighted by Crippen LogP contribution is -2.46. The number of aliphatic hydroxyl groups excluding tert-OH is 3. The fourth-order valence-electron chi connectivity index (χ4n) is 7.99. The van der Waals surface area contributed by atoms with Gasteiger partial charge >= 0.3 is 0 Å². The minimum absolute atomic E-state index is 0.0342. The third-order valence-electron chi connectivity index (χ3n) is 11.8. The van der Waals surface area contributed by atoms with E-state index in [1.165, 1.54) is 218 Å². The monoisotopic (exact) mass is 778 g/mol. The molecule has 0 bridgehead atoms. The standard InChI is InChI=1S/C50H99NO4/c1-3-5-7-9-11-13-15-17-19-21-23-24-26-27-29-31-33-35-37-39-41-43-47(53)45-50(55)51-48(46-52)49(54)44-42-40-38-36-34-32-30-28-25-22-20-18-16-14-12-10-8-6-4-2/h27,29,47-49,52-54H,3-26,28,30-46H2,1-2H3,(H,51,55)/b29-27-. The highest BCUT2D eigenvalue weighted by Crippen LogP contribution is 2.17. The Balaban J connectivity index is 3.57. The molecule has 0 aliphatic carbocycles. The number of aliphatic hydroxyl groups is 3. The number of carbonyl (C=O) groups is 1. The van der Waals surface area contributed by atoms with Gasteiger partial charge in [-0.3, -0.25) is 4.79 Å². The lowest BCUT2D eigenvalue weighted by atomic mass is 10.0. The van der Waals surface area contributed by atoms with Gasteiger partial charge in [-0.15, -0.1) is 0 Å². The largest absolute Gasteiger partial charge is 0.394 e. The predicted octanol–water partition coefficient (Wildman–Crippen LogP) is 14.8. The summed E-state index contributed by atoms with van der Waals surface area (Å²) in [6.45, 7) is 4.29. The third-order valence-corrected chi connectivity index (χ3v) is 11.8. The number of allylic oxidation sites excluding steroid dienone is 2. The van der Waals surface area contributed by atoms with Crippen molar-refractivity contribution in [3.8, 4) is 0 Å². The van der Waals surface area contributed by atoms with E-state index in [1.54, 1.807) is 0 Å². The highest BCUT2D eigenvalue weighted by atomic mass is 16.3. The summed E-state index contributed by atoms with van der Waals surface area (Å²) in [6, 6.07) is -0.658. The van der Waals surface area contributed by atoms with E-state index in [4.69, 9.17) is 0 Å². The Kier molecular flexibility index (Phi) is 45.0. The maximum atomic E-state index is 12.5. The molecule has 0 rings (SSSR count). The second-order valence-corrected chi connectivity index (χ2v) is 17.4. The third kappa shape index (κ3) is 42.5. The number of hydrogen-bond acceptors (Lipinski definition) is 4. The Morgan fingerprint density at radius 3 is 1.05 bits per heavy atom. The Bertz CT molecular complexity index is 773. The van der Waals surface area contributed by atoms with E-state index >= 15 is 0 Å². The van der Waals surface area contributed by atoms with Crippen LogP contribution in [0.3, 0.4) is 0 Å². The summed E-state index contributed by atoms with van der Waals surface area (Å²) in [5, 5.41) is 33.5. The molecule has 0 aromatic heterocycles. The molecule has 0 spiro atoms. The summed E-state index contributed by atoms with van der Waals surface area (Å²) >= 11 is 0. The molecular weight excluding hydrogens is 679 g/mol. The molecule has 1 amide bonds. The highest BCUT2D eigenvalue weighted by molar-refractivity contribution is 5.76. The van der Waals surface area contributed by atoms with Crippen LogP contribution in [0.15, 0.2) is 12.2 Å². The normalized spacial score (nSPS) is 13.5. The van der Waals surface area contributed by atoms with E-state index in [1.807, 2.05) is 0 Å². The summed E-state index contributed by atoms with van der Waals surface area (Å²) in [5.74, 6) is -0.283. The van der Waals surface area contributed by atoms with E-state index in [9.17, 15) is 20.1 Å². The molecule has 3 atom stereocenters. The molecule has 0 aromatic rings. The van der Waals surface area contributed by atoms with Crippen LogP contribution >= 0.6 is 0 Å². The van der Waals surface area contributed by atoms with Gasteiger partial charge in [0.25, 0.3) is 0 Å². The van der Waals surface area contributed by atoms with Gasteiger partial charge in [0, 0.05) is 0 Å². The summed E-state index contributed by atoms with van der Waals surface area (Å²) in [7, 11) is 0. The first-order chi connectivity index (χ1) is 27.0. The fraction of sp³-hybridized carbons (Fsp3) is 0.940. The van der Waals surface area contributed by atoms with E-state index in [2.05, 4.69) is 31.3 Å². The van der Waals surface area contributed by atoms with Crippen molar-refractivity contribution < 1.29 is 20.1 Å². The van der Waals surface area contributed by atoms with E-state index in [-0.39, 0.29) is 18.9 Å². The van der Waals surface area contributed by atoms with Crippen LogP contribution in [-0.4, -0.2) is 46.1 Å². The zero-order valence-corrected chi connectivity index (χ0v) is 37.3. The van der Waals surface area contributed by atoms with E-state index in [0.717, 1.165) is 25.7 Å². The molecule has 0 fully saturated rings. The number of rotatable bonds is 46. The lowest BCUT2D eigenvalue weighted by Gasteiger charge is -2.23. The van der Waals surface area contributed by atoms with Crippen LogP contribution in [0.25, 0.3) is 0 Å². The molecule has 0 heterocycles. The number of amides is 1. The van der Waals surface area contributed by atoms with Crippen LogP contribution in [0.4, 0.5) is 0 Å². The lowest BCUT2D eigenvalue weighted by molar-refractivity contribution is -0.125. The Labute approximate surface area is 344 Å². The fourth-order valence-corrected chi connectivity index (χ4v) is 7.99. The number of unbranched alkanes of at least 4 members (excludes halogenated alkanes) is 35. The average molecular weight is 778 g/mol. The van der Waals surface area contributed by atoms with Crippen molar-refractivity contribution in [2.45, 2.75) is 295 Å². The quantitative estimate of drug-likeness (QED) is 0.0366. The van der Waals surface area contributed by atoms with Gasteiger partial charge in [0.15, 0.2) is 0 Å².